The minimum absolute atomic E-state index is 0.633. The first-order chi connectivity index (χ1) is 6.65. The van der Waals surface area contributed by atoms with Gasteiger partial charge in [-0.15, -0.1) is 5.92 Å². The lowest BCUT2D eigenvalue weighted by molar-refractivity contribution is 1.34. The predicted molar refractivity (Wildman–Crippen MR) is 65.8 cm³/mol. The van der Waals surface area contributed by atoms with Crippen LogP contribution < -0.4 is 5.32 Å². The van der Waals surface area contributed by atoms with Crippen LogP contribution in [0, 0.1) is 18.8 Å². The number of nitrogens with one attached hydrogen (secondary N) is 1. The highest BCUT2D eigenvalue weighted by molar-refractivity contribution is 9.10. The summed E-state index contributed by atoms with van der Waals surface area (Å²) in [7, 11) is 0. The summed E-state index contributed by atoms with van der Waals surface area (Å²) in [5.41, 5.74) is 2.04. The highest BCUT2D eigenvalue weighted by Gasteiger charge is 2.02. The van der Waals surface area contributed by atoms with Crippen LogP contribution in [-0.2, 0) is 0 Å². The van der Waals surface area contributed by atoms with Gasteiger partial charge in [-0.25, -0.2) is 0 Å². The van der Waals surface area contributed by atoms with Crippen molar-refractivity contribution >= 4 is 33.2 Å². The Labute approximate surface area is 98.0 Å². The summed E-state index contributed by atoms with van der Waals surface area (Å²) in [5.74, 6) is 5.76. The number of halogens is 2. The van der Waals surface area contributed by atoms with E-state index in [0.29, 0.717) is 6.54 Å². The van der Waals surface area contributed by atoms with E-state index in [1.165, 1.54) is 0 Å². The fourth-order valence-electron chi connectivity index (χ4n) is 1.01. The largest absolute Gasteiger partial charge is 0.373 e. The van der Waals surface area contributed by atoms with Crippen LogP contribution in [-0.4, -0.2) is 6.54 Å². The summed E-state index contributed by atoms with van der Waals surface area (Å²) in [6.07, 6.45) is 0. The van der Waals surface area contributed by atoms with Crippen molar-refractivity contribution in [1.29, 1.82) is 0 Å². The molecule has 1 aromatic carbocycles. The van der Waals surface area contributed by atoms with Crippen molar-refractivity contribution in [3.63, 3.8) is 0 Å². The molecule has 14 heavy (non-hydrogen) atoms. The minimum atomic E-state index is 0.633. The first-order valence-electron chi connectivity index (χ1n) is 4.24. The van der Waals surface area contributed by atoms with Gasteiger partial charge in [0.2, 0.25) is 0 Å². The molecule has 0 bridgehead atoms. The Morgan fingerprint density at radius 2 is 2.21 bits per heavy atom. The summed E-state index contributed by atoms with van der Waals surface area (Å²) in [6.45, 7) is 4.43. The molecule has 0 spiro atoms. The van der Waals surface area contributed by atoms with Gasteiger partial charge in [0, 0.05) is 9.50 Å². The van der Waals surface area contributed by atoms with Crippen molar-refractivity contribution in [3.8, 4) is 11.8 Å². The standard InChI is InChI=1S/C11H11BrClN/c1-3-4-5-14-11-7-10(13)8(2)6-9(11)12/h6-7,14H,5H2,1-2H3. The molecule has 0 aliphatic rings. The molecule has 1 N–H and O–H groups in total. The van der Waals surface area contributed by atoms with E-state index >= 15 is 0 Å². The molecule has 74 valence electrons. The summed E-state index contributed by atoms with van der Waals surface area (Å²) in [4.78, 5) is 0. The second-order valence-electron chi connectivity index (χ2n) is 2.86. The summed E-state index contributed by atoms with van der Waals surface area (Å²) < 4.78 is 1.01. The lowest BCUT2D eigenvalue weighted by Crippen LogP contribution is -1.99. The number of benzene rings is 1. The van der Waals surface area contributed by atoms with Crippen LogP contribution in [0.2, 0.25) is 5.02 Å². The molecule has 1 nitrogen and oxygen atoms in total. The average molecular weight is 273 g/mol. The van der Waals surface area contributed by atoms with Gasteiger partial charge in [-0.1, -0.05) is 17.5 Å². The zero-order chi connectivity index (χ0) is 10.6. The van der Waals surface area contributed by atoms with Gasteiger partial charge in [0.1, 0.15) is 0 Å². The van der Waals surface area contributed by atoms with E-state index in [9.17, 15) is 0 Å². The number of anilines is 1. The quantitative estimate of drug-likeness (QED) is 0.807. The van der Waals surface area contributed by atoms with Crippen LogP contribution in [0.15, 0.2) is 16.6 Å². The third kappa shape index (κ3) is 2.94. The van der Waals surface area contributed by atoms with Crippen molar-refractivity contribution in [3.05, 3.63) is 27.2 Å². The zero-order valence-electron chi connectivity index (χ0n) is 8.12. The van der Waals surface area contributed by atoms with E-state index in [4.69, 9.17) is 11.6 Å². The van der Waals surface area contributed by atoms with Crippen LogP contribution in [0.25, 0.3) is 0 Å². The van der Waals surface area contributed by atoms with Crippen molar-refractivity contribution < 1.29 is 0 Å². The maximum absolute atomic E-state index is 6.00. The zero-order valence-corrected chi connectivity index (χ0v) is 10.5. The van der Waals surface area contributed by atoms with E-state index in [1.54, 1.807) is 0 Å². The van der Waals surface area contributed by atoms with Gasteiger partial charge in [0.15, 0.2) is 0 Å². The molecule has 0 aliphatic heterocycles. The minimum Gasteiger partial charge on any atom is -0.373 e. The topological polar surface area (TPSA) is 12.0 Å². The monoisotopic (exact) mass is 271 g/mol. The molecule has 0 saturated heterocycles. The Hall–Kier alpha value is -0.650. The molecule has 1 rings (SSSR count). The third-order valence-corrected chi connectivity index (χ3v) is 2.86. The van der Waals surface area contributed by atoms with E-state index in [1.807, 2.05) is 26.0 Å². The Kier molecular flexibility index (Phi) is 4.31. The molecular weight excluding hydrogens is 261 g/mol. The third-order valence-electron chi connectivity index (χ3n) is 1.79. The van der Waals surface area contributed by atoms with Gasteiger partial charge < -0.3 is 5.32 Å². The lowest BCUT2D eigenvalue weighted by Gasteiger charge is -2.07. The highest BCUT2D eigenvalue weighted by Crippen LogP contribution is 2.28. The van der Waals surface area contributed by atoms with Crippen LogP contribution in [0.1, 0.15) is 12.5 Å². The second kappa shape index (κ2) is 5.29. The SMILES string of the molecule is CC#CCNc1cc(Cl)c(C)cc1Br. The maximum Gasteiger partial charge on any atom is 0.0766 e. The van der Waals surface area contributed by atoms with Crippen molar-refractivity contribution in [1.82, 2.24) is 0 Å². The van der Waals surface area contributed by atoms with Gasteiger partial charge in [-0.2, -0.15) is 0 Å². The van der Waals surface area contributed by atoms with Crippen LogP contribution in [0.3, 0.4) is 0 Å². The summed E-state index contributed by atoms with van der Waals surface area (Å²) in [5, 5.41) is 3.94. The van der Waals surface area contributed by atoms with Gasteiger partial charge in [0.05, 0.1) is 12.2 Å². The Morgan fingerprint density at radius 3 is 2.86 bits per heavy atom. The molecule has 0 radical (unpaired) electrons. The molecule has 0 atom stereocenters. The second-order valence-corrected chi connectivity index (χ2v) is 4.12. The molecule has 0 heterocycles. The van der Waals surface area contributed by atoms with Gasteiger partial charge >= 0.3 is 0 Å². The number of rotatable bonds is 2. The number of hydrogen-bond donors (Lipinski definition) is 1. The number of hydrogen-bond acceptors (Lipinski definition) is 1. The fourth-order valence-corrected chi connectivity index (χ4v) is 1.77. The van der Waals surface area contributed by atoms with E-state index in [2.05, 4.69) is 33.1 Å². The normalized spacial score (nSPS) is 9.14. The Balaban J connectivity index is 2.85. The first kappa shape index (κ1) is 11.4. The van der Waals surface area contributed by atoms with Crippen molar-refractivity contribution in [2.75, 3.05) is 11.9 Å². The molecule has 1 aromatic rings. The van der Waals surface area contributed by atoms with Crippen LogP contribution >= 0.6 is 27.5 Å². The van der Waals surface area contributed by atoms with Crippen molar-refractivity contribution in [2.45, 2.75) is 13.8 Å². The predicted octanol–water partition coefficient (Wildman–Crippen LogP) is 3.85. The molecule has 0 amide bonds. The first-order valence-corrected chi connectivity index (χ1v) is 5.41. The molecule has 3 heteroatoms. The highest BCUT2D eigenvalue weighted by atomic mass is 79.9. The van der Waals surface area contributed by atoms with Gasteiger partial charge in [-0.05, 0) is 47.5 Å². The fraction of sp³-hybridized carbons (Fsp3) is 0.273. The van der Waals surface area contributed by atoms with Crippen LogP contribution in [0.4, 0.5) is 5.69 Å². The van der Waals surface area contributed by atoms with E-state index < -0.39 is 0 Å². The smallest absolute Gasteiger partial charge is 0.0766 e. The van der Waals surface area contributed by atoms with Gasteiger partial charge in [0.25, 0.3) is 0 Å². The van der Waals surface area contributed by atoms with E-state index in [-0.39, 0.29) is 0 Å². The van der Waals surface area contributed by atoms with Crippen molar-refractivity contribution in [2.24, 2.45) is 0 Å². The molecule has 0 unspecified atom stereocenters. The molecule has 0 fully saturated rings. The molecule has 0 saturated carbocycles. The molecule has 0 aliphatic carbocycles. The Morgan fingerprint density at radius 1 is 1.50 bits per heavy atom. The summed E-state index contributed by atoms with van der Waals surface area (Å²) >= 11 is 9.47. The average Bonchev–Trinajstić information content (AvgIpc) is 2.14. The molecular formula is C11H11BrClN. The van der Waals surface area contributed by atoms with E-state index in [0.717, 1.165) is 20.7 Å². The molecule has 0 aromatic heterocycles. The van der Waals surface area contributed by atoms with Crippen LogP contribution in [0.5, 0.6) is 0 Å². The Bertz CT molecular complexity index is 390. The van der Waals surface area contributed by atoms with Gasteiger partial charge in [-0.3, -0.25) is 0 Å². The number of aryl methyl sites for hydroxylation is 1. The lowest BCUT2D eigenvalue weighted by atomic mass is 10.2. The maximum atomic E-state index is 6.00. The summed E-state index contributed by atoms with van der Waals surface area (Å²) in [6, 6.07) is 3.89.